The van der Waals surface area contributed by atoms with Gasteiger partial charge in [0.05, 0.1) is 5.69 Å². The Labute approximate surface area is 139 Å². The van der Waals surface area contributed by atoms with Crippen LogP contribution in [0, 0.1) is 11.8 Å². The standard InChI is InChI=1S/C22H23N/c1-5-6-7-8-17(2)9-10-18(3)19-11-12-21-16-22(23-4)14-13-20(21)15-19/h9-16H,4-6H2,1-3H3/b17-9+,18-10+. The highest BCUT2D eigenvalue weighted by atomic mass is 14.7. The van der Waals surface area contributed by atoms with E-state index in [0.717, 1.165) is 24.1 Å². The number of nitrogens with zero attached hydrogens (tertiary/aromatic N) is 1. The monoisotopic (exact) mass is 301 g/mol. The fourth-order valence-electron chi connectivity index (χ4n) is 2.29. The minimum atomic E-state index is 0.904. The van der Waals surface area contributed by atoms with E-state index in [-0.39, 0.29) is 0 Å². The van der Waals surface area contributed by atoms with Gasteiger partial charge in [0.2, 0.25) is 0 Å². The van der Waals surface area contributed by atoms with E-state index in [4.69, 9.17) is 0 Å². The first-order valence-electron chi connectivity index (χ1n) is 7.99. The zero-order valence-electron chi connectivity index (χ0n) is 14.2. The maximum Gasteiger partial charge on any atom is 0.0628 e. The summed E-state index contributed by atoms with van der Waals surface area (Å²) < 4.78 is 0. The fourth-order valence-corrected chi connectivity index (χ4v) is 2.29. The Morgan fingerprint density at radius 3 is 2.57 bits per heavy atom. The second kappa shape index (κ2) is 8.15. The molecule has 0 aliphatic carbocycles. The molecule has 2 rings (SSSR count). The molecule has 0 heterocycles. The van der Waals surface area contributed by atoms with Crippen molar-refractivity contribution >= 4 is 28.8 Å². The van der Waals surface area contributed by atoms with Crippen molar-refractivity contribution < 1.29 is 0 Å². The fraction of sp³-hybridized carbons (Fsp3) is 0.227. The van der Waals surface area contributed by atoms with E-state index >= 15 is 0 Å². The molecule has 0 aliphatic rings. The van der Waals surface area contributed by atoms with Gasteiger partial charge in [-0.25, -0.2) is 0 Å². The normalized spacial score (nSPS) is 12.0. The van der Waals surface area contributed by atoms with Gasteiger partial charge >= 0.3 is 0 Å². The number of aliphatic imine (C=N–C) groups is 1. The van der Waals surface area contributed by atoms with Gasteiger partial charge in [0, 0.05) is 6.42 Å². The van der Waals surface area contributed by atoms with E-state index < -0.39 is 0 Å². The summed E-state index contributed by atoms with van der Waals surface area (Å²) in [5.74, 6) is 6.35. The topological polar surface area (TPSA) is 12.4 Å². The van der Waals surface area contributed by atoms with Gasteiger partial charge in [-0.15, -0.1) is 0 Å². The quantitative estimate of drug-likeness (QED) is 0.356. The number of unbranched alkanes of at least 4 members (excludes halogenated alkanes) is 1. The summed E-state index contributed by atoms with van der Waals surface area (Å²) in [5.41, 5.74) is 4.46. The molecule has 0 atom stereocenters. The molecule has 2 aromatic rings. The molecule has 2 aromatic carbocycles. The maximum atomic E-state index is 3.98. The molecule has 0 amide bonds. The van der Waals surface area contributed by atoms with E-state index in [9.17, 15) is 0 Å². The molecule has 1 heteroatoms. The number of hydrogen-bond donors (Lipinski definition) is 0. The molecule has 0 N–H and O–H groups in total. The van der Waals surface area contributed by atoms with Crippen molar-refractivity contribution in [3.05, 3.63) is 59.7 Å². The first kappa shape index (κ1) is 16.8. The van der Waals surface area contributed by atoms with Crippen LogP contribution >= 0.6 is 0 Å². The molecule has 0 saturated heterocycles. The first-order chi connectivity index (χ1) is 11.1. The molecule has 23 heavy (non-hydrogen) atoms. The number of rotatable bonds is 4. The molecule has 0 saturated carbocycles. The van der Waals surface area contributed by atoms with E-state index in [0.29, 0.717) is 0 Å². The van der Waals surface area contributed by atoms with Crippen molar-refractivity contribution in [2.45, 2.75) is 33.6 Å². The van der Waals surface area contributed by atoms with Crippen LogP contribution in [0.15, 0.2) is 59.1 Å². The predicted octanol–water partition coefficient (Wildman–Crippen LogP) is 6.33. The molecule has 1 nitrogen and oxygen atoms in total. The minimum absolute atomic E-state index is 0.904. The molecule has 116 valence electrons. The summed E-state index contributed by atoms with van der Waals surface area (Å²) in [6.07, 6.45) is 6.29. The third-order valence-corrected chi connectivity index (χ3v) is 3.71. The lowest BCUT2D eigenvalue weighted by Crippen LogP contribution is -1.81. The Morgan fingerprint density at radius 2 is 1.83 bits per heavy atom. The number of fused-ring (bicyclic) bond motifs is 1. The number of benzene rings is 2. The van der Waals surface area contributed by atoms with E-state index in [1.807, 2.05) is 6.07 Å². The molecule has 0 aromatic heterocycles. The second-order valence-electron chi connectivity index (χ2n) is 5.66. The van der Waals surface area contributed by atoms with Crippen LogP contribution < -0.4 is 0 Å². The van der Waals surface area contributed by atoms with Gasteiger partial charge in [-0.3, -0.25) is 4.99 Å². The lowest BCUT2D eigenvalue weighted by Gasteiger charge is -2.05. The van der Waals surface area contributed by atoms with Crippen molar-refractivity contribution in [2.75, 3.05) is 0 Å². The Morgan fingerprint density at radius 1 is 1.09 bits per heavy atom. The zero-order chi connectivity index (χ0) is 16.7. The highest BCUT2D eigenvalue weighted by Gasteiger charge is 1.99. The van der Waals surface area contributed by atoms with E-state index in [2.05, 4.69) is 86.8 Å². The van der Waals surface area contributed by atoms with Crippen LogP contribution in [0.1, 0.15) is 39.2 Å². The van der Waals surface area contributed by atoms with Crippen molar-refractivity contribution in [2.24, 2.45) is 4.99 Å². The zero-order valence-corrected chi connectivity index (χ0v) is 14.2. The van der Waals surface area contributed by atoms with Gasteiger partial charge in [-0.05, 0) is 72.7 Å². The van der Waals surface area contributed by atoms with Gasteiger partial charge in [0.1, 0.15) is 0 Å². The van der Waals surface area contributed by atoms with Crippen LogP contribution in [0.3, 0.4) is 0 Å². The summed E-state index contributed by atoms with van der Waals surface area (Å²) in [6, 6.07) is 12.6. The summed E-state index contributed by atoms with van der Waals surface area (Å²) in [5, 5.41) is 2.40. The van der Waals surface area contributed by atoms with E-state index in [1.165, 1.54) is 21.9 Å². The van der Waals surface area contributed by atoms with Gasteiger partial charge < -0.3 is 0 Å². The smallest absolute Gasteiger partial charge is 0.0628 e. The Bertz CT molecular complexity index is 826. The summed E-state index contributed by atoms with van der Waals surface area (Å²) in [4.78, 5) is 3.98. The summed E-state index contributed by atoms with van der Waals surface area (Å²) in [6.45, 7) is 9.90. The van der Waals surface area contributed by atoms with Crippen LogP contribution in [0.4, 0.5) is 5.69 Å². The summed E-state index contributed by atoms with van der Waals surface area (Å²) in [7, 11) is 0. The Balaban J connectivity index is 2.25. The highest BCUT2D eigenvalue weighted by Crippen LogP contribution is 2.24. The van der Waals surface area contributed by atoms with Gasteiger partial charge in [0.25, 0.3) is 0 Å². The van der Waals surface area contributed by atoms with Crippen LogP contribution in [0.2, 0.25) is 0 Å². The molecular formula is C22H23N. The average Bonchev–Trinajstić information content (AvgIpc) is 2.58. The van der Waals surface area contributed by atoms with Crippen LogP contribution in [0.5, 0.6) is 0 Å². The van der Waals surface area contributed by atoms with Gasteiger partial charge in [0.15, 0.2) is 0 Å². The Kier molecular flexibility index (Phi) is 5.94. The lowest BCUT2D eigenvalue weighted by atomic mass is 10.0. The largest absolute Gasteiger partial charge is 0.265 e. The van der Waals surface area contributed by atoms with Crippen LogP contribution in [0.25, 0.3) is 16.3 Å². The van der Waals surface area contributed by atoms with Crippen molar-refractivity contribution in [1.29, 1.82) is 0 Å². The molecular weight excluding hydrogens is 278 g/mol. The second-order valence-corrected chi connectivity index (χ2v) is 5.66. The van der Waals surface area contributed by atoms with Gasteiger partial charge in [-0.2, -0.15) is 0 Å². The minimum Gasteiger partial charge on any atom is -0.265 e. The molecule has 0 aliphatic heterocycles. The van der Waals surface area contributed by atoms with Gasteiger partial charge in [-0.1, -0.05) is 49.1 Å². The average molecular weight is 301 g/mol. The highest BCUT2D eigenvalue weighted by molar-refractivity contribution is 5.88. The van der Waals surface area contributed by atoms with Crippen LogP contribution in [-0.4, -0.2) is 6.72 Å². The predicted molar refractivity (Wildman–Crippen MR) is 103 cm³/mol. The summed E-state index contributed by atoms with van der Waals surface area (Å²) >= 11 is 0. The van der Waals surface area contributed by atoms with E-state index in [1.54, 1.807) is 0 Å². The van der Waals surface area contributed by atoms with Crippen molar-refractivity contribution in [3.63, 3.8) is 0 Å². The number of allylic oxidation sites excluding steroid dienone is 4. The Hall–Kier alpha value is -2.59. The lowest BCUT2D eigenvalue weighted by molar-refractivity contribution is 0.983. The van der Waals surface area contributed by atoms with Crippen LogP contribution in [-0.2, 0) is 0 Å². The molecule has 0 bridgehead atoms. The molecule has 0 unspecified atom stereocenters. The third-order valence-electron chi connectivity index (χ3n) is 3.71. The SMILES string of the molecule is C=Nc1ccc2cc(/C(C)=C/C=C(\C)C#CCCC)ccc2c1. The maximum absolute atomic E-state index is 3.98. The third kappa shape index (κ3) is 4.69. The van der Waals surface area contributed by atoms with Crippen molar-refractivity contribution in [1.82, 2.24) is 0 Å². The molecule has 0 radical (unpaired) electrons. The molecule has 0 spiro atoms. The number of hydrogen-bond acceptors (Lipinski definition) is 1. The first-order valence-corrected chi connectivity index (χ1v) is 7.99. The molecule has 0 fully saturated rings. The van der Waals surface area contributed by atoms with Crippen molar-refractivity contribution in [3.8, 4) is 11.8 Å².